The van der Waals surface area contributed by atoms with Crippen molar-refractivity contribution in [3.63, 3.8) is 0 Å². The molecule has 1 fully saturated rings. The molecule has 4 nitrogen and oxygen atoms in total. The molecule has 1 aromatic rings. The van der Waals surface area contributed by atoms with Crippen LogP contribution in [0.25, 0.3) is 0 Å². The van der Waals surface area contributed by atoms with Crippen LogP contribution in [0.3, 0.4) is 0 Å². The molecular formula is C15H23NO3. The van der Waals surface area contributed by atoms with Gasteiger partial charge in [-0.1, -0.05) is 6.07 Å². The molecule has 1 heterocycles. The van der Waals surface area contributed by atoms with Crippen molar-refractivity contribution in [1.82, 2.24) is 5.32 Å². The van der Waals surface area contributed by atoms with Crippen molar-refractivity contribution in [1.29, 1.82) is 0 Å². The molecule has 0 atom stereocenters. The molecule has 0 aliphatic carbocycles. The number of hydrogen-bond acceptors (Lipinski definition) is 4. The highest BCUT2D eigenvalue weighted by Crippen LogP contribution is 2.38. The summed E-state index contributed by atoms with van der Waals surface area (Å²) < 4.78 is 16.2. The highest BCUT2D eigenvalue weighted by atomic mass is 16.5. The zero-order chi connectivity index (χ0) is 13.7. The van der Waals surface area contributed by atoms with Crippen molar-refractivity contribution in [2.45, 2.75) is 18.3 Å². The highest BCUT2D eigenvalue weighted by Gasteiger charge is 2.34. The minimum absolute atomic E-state index is 0.0829. The first-order chi connectivity index (χ1) is 9.25. The van der Waals surface area contributed by atoms with Gasteiger partial charge >= 0.3 is 0 Å². The van der Waals surface area contributed by atoms with Gasteiger partial charge in [0.15, 0.2) is 11.5 Å². The summed E-state index contributed by atoms with van der Waals surface area (Å²) in [5.74, 6) is 1.56. The number of methoxy groups -OCH3 is 3. The van der Waals surface area contributed by atoms with E-state index in [1.54, 1.807) is 21.3 Å². The monoisotopic (exact) mass is 265 g/mol. The third-order valence-corrected chi connectivity index (χ3v) is 3.98. The Morgan fingerprint density at radius 1 is 1.05 bits per heavy atom. The third kappa shape index (κ3) is 2.85. The molecular weight excluding hydrogens is 242 g/mol. The van der Waals surface area contributed by atoms with Gasteiger partial charge in [-0.2, -0.15) is 0 Å². The molecule has 0 radical (unpaired) electrons. The molecule has 1 aliphatic rings. The van der Waals surface area contributed by atoms with E-state index < -0.39 is 0 Å². The molecule has 1 N–H and O–H groups in total. The standard InChI is InChI=1S/C15H23NO3/c1-17-11-15(6-8-16-9-7-15)12-4-5-13(18-2)14(10-12)19-3/h4-5,10,16H,6-9,11H2,1-3H3. The van der Waals surface area contributed by atoms with Gasteiger partial charge in [0.1, 0.15) is 0 Å². The van der Waals surface area contributed by atoms with Crippen molar-refractivity contribution in [2.75, 3.05) is 41.0 Å². The molecule has 106 valence electrons. The third-order valence-electron chi connectivity index (χ3n) is 3.98. The minimum Gasteiger partial charge on any atom is -0.493 e. The van der Waals surface area contributed by atoms with Crippen LogP contribution in [-0.2, 0) is 10.2 Å². The van der Waals surface area contributed by atoms with E-state index in [0.29, 0.717) is 0 Å². The lowest BCUT2D eigenvalue weighted by Gasteiger charge is -2.37. The van der Waals surface area contributed by atoms with Gasteiger partial charge in [-0.25, -0.2) is 0 Å². The van der Waals surface area contributed by atoms with Crippen LogP contribution >= 0.6 is 0 Å². The van der Waals surface area contributed by atoms with Crippen LogP contribution in [0.1, 0.15) is 18.4 Å². The molecule has 19 heavy (non-hydrogen) atoms. The first-order valence-corrected chi connectivity index (χ1v) is 6.68. The van der Waals surface area contributed by atoms with E-state index in [2.05, 4.69) is 17.4 Å². The van der Waals surface area contributed by atoms with Gasteiger partial charge in [-0.05, 0) is 43.6 Å². The summed E-state index contributed by atoms with van der Waals surface area (Å²) in [5.41, 5.74) is 1.35. The van der Waals surface area contributed by atoms with Gasteiger partial charge in [0.05, 0.1) is 20.8 Å². The summed E-state index contributed by atoms with van der Waals surface area (Å²) in [4.78, 5) is 0. The van der Waals surface area contributed by atoms with E-state index in [0.717, 1.165) is 44.0 Å². The van der Waals surface area contributed by atoms with E-state index in [-0.39, 0.29) is 5.41 Å². The Bertz CT molecular complexity index is 408. The number of benzene rings is 1. The molecule has 1 aliphatic heterocycles. The molecule has 0 unspecified atom stereocenters. The van der Waals surface area contributed by atoms with Gasteiger partial charge < -0.3 is 19.5 Å². The van der Waals surface area contributed by atoms with E-state index in [1.807, 2.05) is 6.07 Å². The second-order valence-corrected chi connectivity index (χ2v) is 5.03. The summed E-state index contributed by atoms with van der Waals surface area (Å²) in [5, 5.41) is 3.41. The molecule has 0 spiro atoms. The van der Waals surface area contributed by atoms with E-state index >= 15 is 0 Å². The predicted octanol–water partition coefficient (Wildman–Crippen LogP) is 1.97. The normalized spacial score (nSPS) is 18.1. The zero-order valence-electron chi connectivity index (χ0n) is 12.0. The van der Waals surface area contributed by atoms with Gasteiger partial charge in [0.2, 0.25) is 0 Å². The Balaban J connectivity index is 2.36. The molecule has 0 amide bonds. The maximum atomic E-state index is 5.47. The topological polar surface area (TPSA) is 39.7 Å². The summed E-state index contributed by atoms with van der Waals surface area (Å²) in [6.45, 7) is 2.79. The van der Waals surface area contributed by atoms with E-state index in [9.17, 15) is 0 Å². The Labute approximate surface area is 115 Å². The lowest BCUT2D eigenvalue weighted by molar-refractivity contribution is 0.107. The minimum atomic E-state index is 0.0829. The summed E-state index contributed by atoms with van der Waals surface area (Å²) in [6.07, 6.45) is 2.16. The maximum Gasteiger partial charge on any atom is 0.161 e. The fourth-order valence-corrected chi connectivity index (χ4v) is 2.86. The first-order valence-electron chi connectivity index (χ1n) is 6.68. The molecule has 0 saturated carbocycles. The Hall–Kier alpha value is -1.26. The number of rotatable bonds is 5. The Kier molecular flexibility index (Phi) is 4.66. The van der Waals surface area contributed by atoms with E-state index in [4.69, 9.17) is 14.2 Å². The smallest absolute Gasteiger partial charge is 0.161 e. The van der Waals surface area contributed by atoms with Crippen LogP contribution in [0.5, 0.6) is 11.5 Å². The molecule has 2 rings (SSSR count). The predicted molar refractivity (Wildman–Crippen MR) is 75.2 cm³/mol. The molecule has 0 bridgehead atoms. The number of piperidine rings is 1. The van der Waals surface area contributed by atoms with Crippen LogP contribution in [0.15, 0.2) is 18.2 Å². The van der Waals surface area contributed by atoms with Crippen LogP contribution < -0.4 is 14.8 Å². The molecule has 1 saturated heterocycles. The summed E-state index contributed by atoms with van der Waals surface area (Å²) in [6, 6.07) is 6.20. The second-order valence-electron chi connectivity index (χ2n) is 5.03. The summed E-state index contributed by atoms with van der Waals surface area (Å²) >= 11 is 0. The fraction of sp³-hybridized carbons (Fsp3) is 0.600. The Morgan fingerprint density at radius 2 is 1.74 bits per heavy atom. The van der Waals surface area contributed by atoms with E-state index in [1.165, 1.54) is 5.56 Å². The first kappa shape index (κ1) is 14.2. The number of nitrogens with one attached hydrogen (secondary N) is 1. The van der Waals surface area contributed by atoms with Crippen LogP contribution in [-0.4, -0.2) is 41.0 Å². The fourth-order valence-electron chi connectivity index (χ4n) is 2.86. The van der Waals surface area contributed by atoms with Crippen LogP contribution in [0.4, 0.5) is 0 Å². The van der Waals surface area contributed by atoms with Crippen LogP contribution in [0, 0.1) is 0 Å². The van der Waals surface area contributed by atoms with Gasteiger partial charge in [0, 0.05) is 12.5 Å². The van der Waals surface area contributed by atoms with Crippen molar-refractivity contribution in [2.24, 2.45) is 0 Å². The SMILES string of the molecule is COCC1(c2ccc(OC)c(OC)c2)CCNCC1. The average Bonchev–Trinajstić information content (AvgIpc) is 2.47. The van der Waals surface area contributed by atoms with Crippen molar-refractivity contribution in [3.8, 4) is 11.5 Å². The number of ether oxygens (including phenoxy) is 3. The lowest BCUT2D eigenvalue weighted by Crippen LogP contribution is -2.42. The molecule has 0 aromatic heterocycles. The summed E-state index contributed by atoms with van der Waals surface area (Å²) in [7, 11) is 5.10. The van der Waals surface area contributed by atoms with Crippen molar-refractivity contribution >= 4 is 0 Å². The molecule has 1 aromatic carbocycles. The second kappa shape index (κ2) is 6.26. The van der Waals surface area contributed by atoms with Crippen molar-refractivity contribution in [3.05, 3.63) is 23.8 Å². The largest absolute Gasteiger partial charge is 0.493 e. The zero-order valence-corrected chi connectivity index (χ0v) is 12.0. The van der Waals surface area contributed by atoms with Gasteiger partial charge in [-0.15, -0.1) is 0 Å². The van der Waals surface area contributed by atoms with Gasteiger partial charge in [-0.3, -0.25) is 0 Å². The maximum absolute atomic E-state index is 5.47. The van der Waals surface area contributed by atoms with Crippen LogP contribution in [0.2, 0.25) is 0 Å². The lowest BCUT2D eigenvalue weighted by atomic mass is 9.74. The highest BCUT2D eigenvalue weighted by molar-refractivity contribution is 5.45. The quantitative estimate of drug-likeness (QED) is 0.883. The van der Waals surface area contributed by atoms with Crippen molar-refractivity contribution < 1.29 is 14.2 Å². The van der Waals surface area contributed by atoms with Gasteiger partial charge in [0.25, 0.3) is 0 Å². The number of hydrogen-bond donors (Lipinski definition) is 1. The Morgan fingerprint density at radius 3 is 2.32 bits per heavy atom. The average molecular weight is 265 g/mol. The molecule has 4 heteroatoms.